The molecule has 0 spiro atoms. The number of amides is 1. The van der Waals surface area contributed by atoms with Crippen molar-refractivity contribution >= 4 is 23.3 Å². The van der Waals surface area contributed by atoms with Crippen LogP contribution in [0.5, 0.6) is 11.5 Å². The molecule has 0 fully saturated rings. The normalized spacial score (nSPS) is 12.6. The highest BCUT2D eigenvalue weighted by Gasteiger charge is 2.23. The highest BCUT2D eigenvalue weighted by atomic mass is 35.5. The smallest absolute Gasteiger partial charge is 0.260 e. The van der Waals surface area contributed by atoms with Gasteiger partial charge < -0.3 is 14.4 Å². The summed E-state index contributed by atoms with van der Waals surface area (Å²) in [5.41, 5.74) is 1.61. The molecule has 26 heavy (non-hydrogen) atoms. The van der Waals surface area contributed by atoms with E-state index in [0.29, 0.717) is 48.1 Å². The third-order valence-electron chi connectivity index (χ3n) is 4.32. The molecule has 5 nitrogen and oxygen atoms in total. The van der Waals surface area contributed by atoms with Crippen LogP contribution in [0.15, 0.2) is 42.5 Å². The fraction of sp³-hybridized carbons (Fsp3) is 0.300. The Balaban J connectivity index is 1.46. The molecular formula is C20H20ClNO4. The minimum atomic E-state index is -0.147. The Morgan fingerprint density at radius 1 is 1.12 bits per heavy atom. The van der Waals surface area contributed by atoms with Crippen molar-refractivity contribution in [3.05, 3.63) is 58.6 Å². The number of carbonyl (C=O) groups is 2. The highest BCUT2D eigenvalue weighted by molar-refractivity contribution is 6.30. The first-order valence-electron chi connectivity index (χ1n) is 8.45. The molecule has 2 aromatic rings. The van der Waals surface area contributed by atoms with Crippen molar-refractivity contribution in [3.8, 4) is 11.5 Å². The van der Waals surface area contributed by atoms with Gasteiger partial charge in [0.05, 0.1) is 6.54 Å². The molecule has 0 saturated carbocycles. The van der Waals surface area contributed by atoms with Crippen LogP contribution < -0.4 is 9.47 Å². The second-order valence-corrected chi connectivity index (χ2v) is 6.55. The maximum Gasteiger partial charge on any atom is 0.260 e. The number of likely N-dealkylation sites (N-methyl/N-ethyl adjacent to an activating group) is 1. The van der Waals surface area contributed by atoms with Gasteiger partial charge in [0.25, 0.3) is 5.91 Å². The largest absolute Gasteiger partial charge is 0.492 e. The Hall–Kier alpha value is -2.53. The number of hydrogen-bond acceptors (Lipinski definition) is 4. The van der Waals surface area contributed by atoms with Crippen molar-refractivity contribution in [3.63, 3.8) is 0 Å². The van der Waals surface area contributed by atoms with Gasteiger partial charge in [-0.05, 0) is 36.8 Å². The van der Waals surface area contributed by atoms with E-state index in [4.69, 9.17) is 21.1 Å². The molecule has 0 saturated heterocycles. The highest BCUT2D eigenvalue weighted by Crippen LogP contribution is 2.30. The van der Waals surface area contributed by atoms with E-state index in [-0.39, 0.29) is 18.3 Å². The lowest BCUT2D eigenvalue weighted by Gasteiger charge is -2.18. The molecule has 0 aromatic heterocycles. The van der Waals surface area contributed by atoms with E-state index in [1.54, 1.807) is 54.4 Å². The number of fused-ring (bicyclic) bond motifs is 1. The van der Waals surface area contributed by atoms with Crippen molar-refractivity contribution in [2.45, 2.75) is 12.8 Å². The zero-order valence-corrected chi connectivity index (χ0v) is 15.3. The third-order valence-corrected chi connectivity index (χ3v) is 4.57. The fourth-order valence-electron chi connectivity index (χ4n) is 2.80. The second kappa shape index (κ2) is 8.23. The van der Waals surface area contributed by atoms with Crippen LogP contribution in [0.4, 0.5) is 0 Å². The lowest BCUT2D eigenvalue weighted by Crippen LogP contribution is -2.34. The minimum Gasteiger partial charge on any atom is -0.492 e. The van der Waals surface area contributed by atoms with Gasteiger partial charge in [0, 0.05) is 29.6 Å². The van der Waals surface area contributed by atoms with Crippen LogP contribution in [0, 0.1) is 0 Å². The second-order valence-electron chi connectivity index (χ2n) is 6.11. The van der Waals surface area contributed by atoms with Crippen molar-refractivity contribution in [1.82, 2.24) is 4.90 Å². The zero-order chi connectivity index (χ0) is 18.5. The van der Waals surface area contributed by atoms with Gasteiger partial charge in [0.1, 0.15) is 18.1 Å². The van der Waals surface area contributed by atoms with Gasteiger partial charge in [0.2, 0.25) is 0 Å². The monoisotopic (exact) mass is 373 g/mol. The van der Waals surface area contributed by atoms with Crippen LogP contribution in [0.1, 0.15) is 22.3 Å². The summed E-state index contributed by atoms with van der Waals surface area (Å²) in [6.45, 7) is 0.747. The molecule has 1 amide bonds. The number of nitrogens with zero attached hydrogens (tertiary/aromatic N) is 1. The van der Waals surface area contributed by atoms with Gasteiger partial charge >= 0.3 is 0 Å². The summed E-state index contributed by atoms with van der Waals surface area (Å²) in [4.78, 5) is 25.6. The number of ether oxygens (including phenoxy) is 2. The molecule has 0 radical (unpaired) electrons. The summed E-state index contributed by atoms with van der Waals surface area (Å²) >= 11 is 5.83. The number of ketones is 1. The van der Waals surface area contributed by atoms with Crippen LogP contribution in [0.25, 0.3) is 0 Å². The first-order valence-corrected chi connectivity index (χ1v) is 8.82. The Morgan fingerprint density at radius 2 is 1.88 bits per heavy atom. The van der Waals surface area contributed by atoms with E-state index < -0.39 is 0 Å². The van der Waals surface area contributed by atoms with Crippen LogP contribution in [-0.4, -0.2) is 43.4 Å². The van der Waals surface area contributed by atoms with E-state index in [9.17, 15) is 9.59 Å². The van der Waals surface area contributed by atoms with Crippen molar-refractivity contribution < 1.29 is 19.1 Å². The molecule has 0 atom stereocenters. The van der Waals surface area contributed by atoms with E-state index in [1.807, 2.05) is 0 Å². The molecule has 6 heteroatoms. The molecule has 0 bridgehead atoms. The standard InChI is InChI=1S/C20H20ClNO4/c1-22(11-12-25-15-7-5-14(21)6-8-15)20(24)13-26-19-4-2-3-16-17(19)9-10-18(16)23/h2-8H,9-13H2,1H3. The molecule has 0 aliphatic heterocycles. The molecule has 0 heterocycles. The van der Waals surface area contributed by atoms with Gasteiger partial charge in [-0.15, -0.1) is 0 Å². The summed E-state index contributed by atoms with van der Waals surface area (Å²) in [6, 6.07) is 12.5. The van der Waals surface area contributed by atoms with Gasteiger partial charge in [-0.2, -0.15) is 0 Å². The predicted molar refractivity (Wildman–Crippen MR) is 99.2 cm³/mol. The van der Waals surface area contributed by atoms with Crippen LogP contribution in [0.3, 0.4) is 0 Å². The van der Waals surface area contributed by atoms with E-state index in [2.05, 4.69) is 0 Å². The molecule has 136 valence electrons. The lowest BCUT2D eigenvalue weighted by atomic mass is 10.1. The van der Waals surface area contributed by atoms with Crippen molar-refractivity contribution in [1.29, 1.82) is 0 Å². The summed E-state index contributed by atoms with van der Waals surface area (Å²) in [7, 11) is 1.70. The van der Waals surface area contributed by atoms with E-state index in [0.717, 1.165) is 5.56 Å². The average molecular weight is 374 g/mol. The molecule has 0 unspecified atom stereocenters. The Labute approximate surface area is 157 Å². The lowest BCUT2D eigenvalue weighted by molar-refractivity contribution is -0.132. The topological polar surface area (TPSA) is 55.8 Å². The van der Waals surface area contributed by atoms with E-state index in [1.165, 1.54) is 0 Å². The average Bonchev–Trinajstić information content (AvgIpc) is 3.03. The quantitative estimate of drug-likeness (QED) is 0.746. The number of benzene rings is 2. The number of halogens is 1. The first kappa shape index (κ1) is 18.3. The molecule has 2 aromatic carbocycles. The molecule has 3 rings (SSSR count). The first-order chi connectivity index (χ1) is 12.5. The minimum absolute atomic E-state index is 0.0674. The Kier molecular flexibility index (Phi) is 5.78. The van der Waals surface area contributed by atoms with Crippen molar-refractivity contribution in [2.24, 2.45) is 0 Å². The molecule has 1 aliphatic rings. The van der Waals surface area contributed by atoms with Gasteiger partial charge in [-0.25, -0.2) is 0 Å². The van der Waals surface area contributed by atoms with Crippen LogP contribution in [0.2, 0.25) is 5.02 Å². The number of hydrogen-bond donors (Lipinski definition) is 0. The van der Waals surface area contributed by atoms with E-state index >= 15 is 0 Å². The van der Waals surface area contributed by atoms with Gasteiger partial charge in [-0.1, -0.05) is 23.7 Å². The molecule has 1 aliphatic carbocycles. The summed E-state index contributed by atoms with van der Waals surface area (Å²) in [5.74, 6) is 1.31. The Bertz CT molecular complexity index is 804. The van der Waals surface area contributed by atoms with Gasteiger partial charge in [0.15, 0.2) is 12.4 Å². The summed E-state index contributed by atoms with van der Waals surface area (Å²) in [6.07, 6.45) is 1.18. The third kappa shape index (κ3) is 4.35. The zero-order valence-electron chi connectivity index (χ0n) is 14.5. The summed E-state index contributed by atoms with van der Waals surface area (Å²) in [5, 5.41) is 0.649. The molecular weight excluding hydrogens is 354 g/mol. The number of Topliss-reactive ketones (excluding diaryl/α,β-unsaturated/α-hetero) is 1. The van der Waals surface area contributed by atoms with Crippen LogP contribution >= 0.6 is 11.6 Å². The molecule has 0 N–H and O–H groups in total. The SMILES string of the molecule is CN(CCOc1ccc(Cl)cc1)C(=O)COc1cccc2c1CCC2=O. The Morgan fingerprint density at radius 3 is 2.65 bits per heavy atom. The number of rotatable bonds is 7. The maximum absolute atomic E-state index is 12.2. The maximum atomic E-state index is 12.2. The summed E-state index contributed by atoms with van der Waals surface area (Å²) < 4.78 is 11.2. The van der Waals surface area contributed by atoms with Crippen molar-refractivity contribution in [2.75, 3.05) is 26.8 Å². The van der Waals surface area contributed by atoms with Crippen LogP contribution in [-0.2, 0) is 11.2 Å². The number of carbonyl (C=O) groups excluding carboxylic acids is 2. The fourth-order valence-corrected chi connectivity index (χ4v) is 2.92. The van der Waals surface area contributed by atoms with Gasteiger partial charge in [-0.3, -0.25) is 9.59 Å². The predicted octanol–water partition coefficient (Wildman–Crippen LogP) is 3.39.